The Kier molecular flexibility index (Phi) is 6.58. The highest BCUT2D eigenvalue weighted by molar-refractivity contribution is 6.28. The predicted molar refractivity (Wildman–Crippen MR) is 122 cm³/mol. The van der Waals surface area contributed by atoms with Gasteiger partial charge < -0.3 is 25.4 Å². The van der Waals surface area contributed by atoms with Gasteiger partial charge in [-0.25, -0.2) is 9.97 Å². The Hall–Kier alpha value is -3.23. The number of nitrogens with zero attached hydrogens (tertiary/aromatic N) is 8. The van der Waals surface area contributed by atoms with Crippen molar-refractivity contribution in [1.29, 1.82) is 0 Å². The summed E-state index contributed by atoms with van der Waals surface area (Å²) in [7, 11) is 0. The van der Waals surface area contributed by atoms with E-state index in [9.17, 15) is 15.3 Å². The van der Waals surface area contributed by atoms with Crippen LogP contribution in [0.1, 0.15) is 30.6 Å². The average Bonchev–Trinajstić information content (AvgIpc) is 3.60. The van der Waals surface area contributed by atoms with E-state index in [-0.39, 0.29) is 23.5 Å². The number of nitrogens with one attached hydrogen (secondary N) is 1. The number of tetrazole rings is 1. The number of ether oxygens (including phenoxy) is 1. The fourth-order valence-electron chi connectivity index (χ4n) is 4.07. The first-order valence-electron chi connectivity index (χ1n) is 11.1. The van der Waals surface area contributed by atoms with Crippen molar-refractivity contribution >= 4 is 17.4 Å². The Bertz CT molecular complexity index is 1250. The summed E-state index contributed by atoms with van der Waals surface area (Å²) in [6.45, 7) is 2.13. The first-order valence-corrected chi connectivity index (χ1v) is 11.5. The van der Waals surface area contributed by atoms with E-state index in [4.69, 9.17) is 16.3 Å². The fourth-order valence-corrected chi connectivity index (χ4v) is 4.33. The van der Waals surface area contributed by atoms with Crippen molar-refractivity contribution in [2.75, 3.05) is 11.9 Å². The molecule has 0 bridgehead atoms. The molecule has 1 fully saturated rings. The number of fused-ring (bicyclic) bond motifs is 1. The molecule has 4 heterocycles. The van der Waals surface area contributed by atoms with Gasteiger partial charge in [-0.3, -0.25) is 4.57 Å². The second kappa shape index (κ2) is 9.79. The summed E-state index contributed by atoms with van der Waals surface area (Å²) in [5, 5.41) is 47.0. The highest BCUT2D eigenvalue weighted by atomic mass is 35.5. The van der Waals surface area contributed by atoms with Gasteiger partial charge in [0.2, 0.25) is 11.1 Å². The van der Waals surface area contributed by atoms with E-state index in [1.807, 2.05) is 37.3 Å². The minimum atomic E-state index is -1.40. The van der Waals surface area contributed by atoms with Gasteiger partial charge in [0.15, 0.2) is 23.9 Å². The van der Waals surface area contributed by atoms with E-state index in [2.05, 4.69) is 35.7 Å². The molecule has 0 spiro atoms. The molecule has 1 aromatic heterocycles. The first-order chi connectivity index (χ1) is 17.0. The number of aromatic nitrogens is 8. The summed E-state index contributed by atoms with van der Waals surface area (Å²) in [6, 6.07) is 9.22. The molecular formula is C21H24ClN9O4. The molecule has 2 aromatic rings. The van der Waals surface area contributed by atoms with Gasteiger partial charge in [0.05, 0.1) is 19.2 Å². The molecule has 4 N–H and O–H groups in total. The van der Waals surface area contributed by atoms with Crippen LogP contribution < -0.4 is 5.32 Å². The lowest BCUT2D eigenvalue weighted by Crippen LogP contribution is -2.34. The number of rotatable bonds is 8. The molecule has 35 heavy (non-hydrogen) atoms. The number of hydrogen-bond donors (Lipinski definition) is 4. The maximum absolute atomic E-state index is 10.9. The fraction of sp³-hybridized carbons (Fsp3) is 0.429. The lowest BCUT2D eigenvalue weighted by molar-refractivity contribution is -0.0399. The molecular weight excluding hydrogens is 478 g/mol. The smallest absolute Gasteiger partial charge is 0.208 e. The van der Waals surface area contributed by atoms with E-state index in [0.29, 0.717) is 24.5 Å². The van der Waals surface area contributed by atoms with Crippen LogP contribution in [0.3, 0.4) is 0 Å². The Balaban J connectivity index is 1.52. The topological polar surface area (TPSA) is 169 Å². The second-order valence-electron chi connectivity index (χ2n) is 8.12. The molecule has 5 rings (SSSR count). The molecule has 0 radical (unpaired) electrons. The predicted octanol–water partition coefficient (Wildman–Crippen LogP) is 0.445. The summed E-state index contributed by atoms with van der Waals surface area (Å²) in [5.41, 5.74) is 1.37. The monoisotopic (exact) mass is 501 g/mol. The maximum atomic E-state index is 10.9. The van der Waals surface area contributed by atoms with E-state index in [1.54, 1.807) is 0 Å². The van der Waals surface area contributed by atoms with Gasteiger partial charge in [-0.2, -0.15) is 9.78 Å². The molecule has 13 nitrogen and oxygen atoms in total. The largest absolute Gasteiger partial charge is 0.394 e. The molecule has 3 aliphatic rings. The molecule has 0 saturated carbocycles. The summed E-state index contributed by atoms with van der Waals surface area (Å²) >= 11 is 6.53. The van der Waals surface area contributed by atoms with Crippen LogP contribution in [0.4, 0.5) is 5.82 Å². The average molecular weight is 502 g/mol. The quantitative estimate of drug-likeness (QED) is 0.247. The number of benzene rings is 1. The molecule has 0 aliphatic carbocycles. The summed E-state index contributed by atoms with van der Waals surface area (Å²) in [5.74, 6) is 0.739. The number of aliphatic hydroxyl groups excluding tert-OH is 3. The van der Waals surface area contributed by atoms with Gasteiger partial charge in [-0.15, -0.1) is 10.2 Å². The SMILES string of the molecule is CCn1nnc([C@H]2O[C@@H](n3c(Cl)nc4ncnc-4c3N[C@H](CO)Cc3ccccc3)[C@H](O)[C@@H]2O)n1. The third kappa shape index (κ3) is 4.44. The minimum absolute atomic E-state index is 0.0565. The Morgan fingerprint density at radius 3 is 2.69 bits per heavy atom. The number of aliphatic hydroxyl groups is 3. The third-order valence-corrected chi connectivity index (χ3v) is 6.09. The lowest BCUT2D eigenvalue weighted by atomic mass is 10.1. The van der Waals surface area contributed by atoms with Gasteiger partial charge in [0, 0.05) is 0 Å². The van der Waals surface area contributed by atoms with Crippen LogP contribution in [0.5, 0.6) is 0 Å². The van der Waals surface area contributed by atoms with Gasteiger partial charge in [-0.05, 0) is 35.7 Å². The highest BCUT2D eigenvalue weighted by Gasteiger charge is 2.48. The van der Waals surface area contributed by atoms with Crippen LogP contribution in [0.2, 0.25) is 5.28 Å². The molecule has 1 aromatic carbocycles. The lowest BCUT2D eigenvalue weighted by Gasteiger charge is -2.27. The zero-order valence-corrected chi connectivity index (χ0v) is 19.4. The van der Waals surface area contributed by atoms with Crippen LogP contribution in [-0.4, -0.2) is 79.9 Å². The minimum Gasteiger partial charge on any atom is -0.394 e. The molecule has 3 aliphatic heterocycles. The zero-order valence-electron chi connectivity index (χ0n) is 18.7. The van der Waals surface area contributed by atoms with Crippen molar-refractivity contribution in [3.63, 3.8) is 0 Å². The van der Waals surface area contributed by atoms with Crippen LogP contribution in [0, 0.1) is 0 Å². The van der Waals surface area contributed by atoms with Gasteiger partial charge in [0.25, 0.3) is 0 Å². The van der Waals surface area contributed by atoms with Crippen LogP contribution >= 0.6 is 11.6 Å². The number of hydrogen-bond acceptors (Lipinski definition) is 11. The number of aryl methyl sites for hydroxylation is 1. The van der Waals surface area contributed by atoms with Crippen LogP contribution in [0.15, 0.2) is 36.7 Å². The number of halogens is 1. The van der Waals surface area contributed by atoms with Crippen LogP contribution in [0.25, 0.3) is 11.5 Å². The molecule has 0 amide bonds. The van der Waals surface area contributed by atoms with Crippen molar-refractivity contribution in [2.45, 2.75) is 50.5 Å². The van der Waals surface area contributed by atoms with Crippen LogP contribution in [-0.2, 0) is 17.7 Å². The molecule has 184 valence electrons. The van der Waals surface area contributed by atoms with Crippen molar-refractivity contribution in [2.24, 2.45) is 0 Å². The number of imidazole rings is 1. The molecule has 0 unspecified atom stereocenters. The summed E-state index contributed by atoms with van der Waals surface area (Å²) in [4.78, 5) is 14.0. The maximum Gasteiger partial charge on any atom is 0.208 e. The zero-order chi connectivity index (χ0) is 24.5. The first kappa shape index (κ1) is 23.5. The highest BCUT2D eigenvalue weighted by Crippen LogP contribution is 2.42. The Morgan fingerprint density at radius 2 is 1.97 bits per heavy atom. The van der Waals surface area contributed by atoms with E-state index >= 15 is 0 Å². The van der Waals surface area contributed by atoms with Gasteiger partial charge >= 0.3 is 0 Å². The summed E-state index contributed by atoms with van der Waals surface area (Å²) < 4.78 is 7.40. The van der Waals surface area contributed by atoms with Crippen molar-refractivity contribution in [3.8, 4) is 11.5 Å². The Labute approximate surface area is 204 Å². The van der Waals surface area contributed by atoms with E-state index < -0.39 is 30.6 Å². The second-order valence-corrected chi connectivity index (χ2v) is 8.46. The van der Waals surface area contributed by atoms with E-state index in [0.717, 1.165) is 5.56 Å². The third-order valence-electron chi connectivity index (χ3n) is 5.83. The van der Waals surface area contributed by atoms with Crippen molar-refractivity contribution in [3.05, 3.63) is 53.3 Å². The standard InChI is InChI=1S/C21H24ClN9O4/c1-2-30-28-18(27-29-30)16-14(33)15(34)20(35-16)31-19(13-17(24-10-23-13)26-21(31)22)25-12(9-32)8-11-6-4-3-5-7-11/h3-7,10,12,14-16,20,25,32-34H,2,8-9H2,1H3/t12-,14-,15+,16-,20+/m0/s1. The van der Waals surface area contributed by atoms with Crippen molar-refractivity contribution in [1.82, 2.24) is 39.7 Å². The molecule has 14 heteroatoms. The Morgan fingerprint density at radius 1 is 1.17 bits per heavy atom. The van der Waals surface area contributed by atoms with Gasteiger partial charge in [-0.1, -0.05) is 30.3 Å². The van der Waals surface area contributed by atoms with Gasteiger partial charge in [0.1, 0.15) is 24.4 Å². The normalized spacial score (nSPS) is 23.1. The van der Waals surface area contributed by atoms with Crippen molar-refractivity contribution < 1.29 is 20.1 Å². The summed E-state index contributed by atoms with van der Waals surface area (Å²) in [6.07, 6.45) is -3.14. The number of anilines is 1. The molecule has 1 saturated heterocycles. The molecule has 5 atom stereocenters. The van der Waals surface area contributed by atoms with E-state index in [1.165, 1.54) is 15.7 Å².